The lowest BCUT2D eigenvalue weighted by Gasteiger charge is -2.13. The number of ether oxygens (including phenoxy) is 2. The molecule has 1 aromatic carbocycles. The number of rotatable bonds is 8. The Bertz CT molecular complexity index is 459. The van der Waals surface area contributed by atoms with Gasteiger partial charge in [-0.15, -0.1) is 0 Å². The lowest BCUT2D eigenvalue weighted by atomic mass is 10.1. The standard InChI is InChI=1S/C15H22N2O4/c1-11(15(19)17-9-10-20-2)21-14(18)8-5-12-3-6-13(16)7-4-12/h3-4,6-7,11H,5,8-10,16H2,1-2H3,(H,17,19). The third-order valence-electron chi connectivity index (χ3n) is 2.88. The summed E-state index contributed by atoms with van der Waals surface area (Å²) in [4.78, 5) is 23.3. The van der Waals surface area contributed by atoms with Gasteiger partial charge in [-0.2, -0.15) is 0 Å². The van der Waals surface area contributed by atoms with Gasteiger partial charge < -0.3 is 20.5 Å². The second kappa shape index (κ2) is 8.97. The van der Waals surface area contributed by atoms with Crippen molar-refractivity contribution in [2.75, 3.05) is 26.0 Å². The number of nitrogens with two attached hydrogens (primary N) is 1. The van der Waals surface area contributed by atoms with Crippen molar-refractivity contribution in [3.8, 4) is 0 Å². The second-order valence-corrected chi connectivity index (χ2v) is 4.66. The summed E-state index contributed by atoms with van der Waals surface area (Å²) in [5.74, 6) is -0.728. The Kier molecular flexibility index (Phi) is 7.25. The molecule has 116 valence electrons. The quantitative estimate of drug-likeness (QED) is 0.422. The number of aryl methyl sites for hydroxylation is 1. The lowest BCUT2D eigenvalue weighted by Crippen LogP contribution is -2.37. The number of esters is 1. The number of carbonyl (C=O) groups excluding carboxylic acids is 2. The molecule has 1 aromatic rings. The molecule has 6 nitrogen and oxygen atoms in total. The van der Waals surface area contributed by atoms with E-state index < -0.39 is 12.1 Å². The average Bonchev–Trinajstić information content (AvgIpc) is 2.46. The number of carbonyl (C=O) groups is 2. The zero-order valence-electron chi connectivity index (χ0n) is 12.4. The molecule has 0 aromatic heterocycles. The highest BCUT2D eigenvalue weighted by atomic mass is 16.5. The molecule has 1 amide bonds. The molecule has 1 rings (SSSR count). The van der Waals surface area contributed by atoms with Gasteiger partial charge in [0, 0.05) is 25.8 Å². The third-order valence-corrected chi connectivity index (χ3v) is 2.88. The van der Waals surface area contributed by atoms with Gasteiger partial charge >= 0.3 is 5.97 Å². The number of anilines is 1. The molecule has 0 fully saturated rings. The van der Waals surface area contributed by atoms with Gasteiger partial charge in [0.25, 0.3) is 5.91 Å². The molecule has 0 radical (unpaired) electrons. The Balaban J connectivity index is 2.29. The van der Waals surface area contributed by atoms with Crippen molar-refractivity contribution >= 4 is 17.6 Å². The molecule has 1 atom stereocenters. The highest BCUT2D eigenvalue weighted by Gasteiger charge is 2.17. The van der Waals surface area contributed by atoms with Crippen LogP contribution in [0.2, 0.25) is 0 Å². The predicted octanol–water partition coefficient (Wildman–Crippen LogP) is 0.896. The van der Waals surface area contributed by atoms with Gasteiger partial charge in [0.2, 0.25) is 0 Å². The van der Waals surface area contributed by atoms with Crippen LogP contribution in [0.15, 0.2) is 24.3 Å². The molecule has 6 heteroatoms. The van der Waals surface area contributed by atoms with Crippen LogP contribution in [0.4, 0.5) is 5.69 Å². The predicted molar refractivity (Wildman–Crippen MR) is 79.6 cm³/mol. The fourth-order valence-electron chi connectivity index (χ4n) is 1.66. The second-order valence-electron chi connectivity index (χ2n) is 4.66. The van der Waals surface area contributed by atoms with E-state index in [1.165, 1.54) is 0 Å². The van der Waals surface area contributed by atoms with Crippen molar-refractivity contribution in [2.24, 2.45) is 0 Å². The molecular formula is C15H22N2O4. The van der Waals surface area contributed by atoms with Crippen molar-refractivity contribution in [3.05, 3.63) is 29.8 Å². The number of hydrogen-bond donors (Lipinski definition) is 2. The van der Waals surface area contributed by atoms with Gasteiger partial charge in [0.15, 0.2) is 6.10 Å². The van der Waals surface area contributed by atoms with Crippen molar-refractivity contribution < 1.29 is 19.1 Å². The molecule has 0 spiro atoms. The summed E-state index contributed by atoms with van der Waals surface area (Å²) in [6, 6.07) is 7.30. The van der Waals surface area contributed by atoms with E-state index in [2.05, 4.69) is 5.32 Å². The first kappa shape index (κ1) is 17.0. The van der Waals surface area contributed by atoms with Crippen LogP contribution in [0, 0.1) is 0 Å². The third kappa shape index (κ3) is 6.76. The number of amides is 1. The van der Waals surface area contributed by atoms with Gasteiger partial charge in [-0.05, 0) is 31.0 Å². The molecule has 0 aliphatic carbocycles. The Morgan fingerprint density at radius 1 is 1.29 bits per heavy atom. The van der Waals surface area contributed by atoms with Crippen LogP contribution in [0.5, 0.6) is 0 Å². The van der Waals surface area contributed by atoms with Crippen LogP contribution in [-0.4, -0.2) is 38.2 Å². The molecule has 0 saturated carbocycles. The van der Waals surface area contributed by atoms with Crippen molar-refractivity contribution in [2.45, 2.75) is 25.9 Å². The first-order valence-corrected chi connectivity index (χ1v) is 6.83. The number of hydrogen-bond acceptors (Lipinski definition) is 5. The number of methoxy groups -OCH3 is 1. The molecule has 3 N–H and O–H groups in total. The SMILES string of the molecule is COCCNC(=O)C(C)OC(=O)CCc1ccc(N)cc1. The van der Waals surface area contributed by atoms with Gasteiger partial charge in [0.05, 0.1) is 6.61 Å². The summed E-state index contributed by atoms with van der Waals surface area (Å²) in [7, 11) is 1.55. The van der Waals surface area contributed by atoms with E-state index in [1.807, 2.05) is 12.1 Å². The largest absolute Gasteiger partial charge is 0.453 e. The Morgan fingerprint density at radius 2 is 1.95 bits per heavy atom. The van der Waals surface area contributed by atoms with E-state index in [-0.39, 0.29) is 12.3 Å². The zero-order valence-corrected chi connectivity index (χ0v) is 12.4. The number of nitrogens with one attached hydrogen (secondary N) is 1. The maximum atomic E-state index is 11.7. The van der Waals surface area contributed by atoms with E-state index in [0.717, 1.165) is 5.56 Å². The van der Waals surface area contributed by atoms with E-state index in [4.69, 9.17) is 15.2 Å². The fourth-order valence-corrected chi connectivity index (χ4v) is 1.66. The molecule has 0 saturated heterocycles. The maximum Gasteiger partial charge on any atom is 0.306 e. The summed E-state index contributed by atoms with van der Waals surface area (Å²) in [6.07, 6.45) is -0.0303. The fraction of sp³-hybridized carbons (Fsp3) is 0.467. The van der Waals surface area contributed by atoms with Gasteiger partial charge in [-0.1, -0.05) is 12.1 Å². The minimum Gasteiger partial charge on any atom is -0.453 e. The first-order valence-electron chi connectivity index (χ1n) is 6.83. The van der Waals surface area contributed by atoms with Gasteiger partial charge in [-0.25, -0.2) is 0 Å². The summed E-state index contributed by atoms with van der Waals surface area (Å²) >= 11 is 0. The molecular weight excluding hydrogens is 272 g/mol. The molecule has 0 aliphatic rings. The van der Waals surface area contributed by atoms with Crippen LogP contribution >= 0.6 is 0 Å². The highest BCUT2D eigenvalue weighted by molar-refractivity contribution is 5.83. The smallest absolute Gasteiger partial charge is 0.306 e. The topological polar surface area (TPSA) is 90.6 Å². The van der Waals surface area contributed by atoms with Crippen molar-refractivity contribution in [1.29, 1.82) is 0 Å². The summed E-state index contributed by atoms with van der Waals surface area (Å²) < 4.78 is 9.89. The minimum atomic E-state index is -0.805. The lowest BCUT2D eigenvalue weighted by molar-refractivity contribution is -0.154. The zero-order chi connectivity index (χ0) is 15.7. The Morgan fingerprint density at radius 3 is 2.57 bits per heavy atom. The van der Waals surface area contributed by atoms with Crippen LogP contribution in [-0.2, 0) is 25.5 Å². The van der Waals surface area contributed by atoms with E-state index >= 15 is 0 Å². The van der Waals surface area contributed by atoms with Crippen LogP contribution in [0.25, 0.3) is 0 Å². The number of benzene rings is 1. The molecule has 0 heterocycles. The van der Waals surface area contributed by atoms with E-state index in [9.17, 15) is 9.59 Å². The minimum absolute atomic E-state index is 0.222. The van der Waals surface area contributed by atoms with E-state index in [0.29, 0.717) is 25.3 Å². The Labute approximate surface area is 124 Å². The molecule has 0 aliphatic heterocycles. The summed E-state index contributed by atoms with van der Waals surface area (Å²) in [5.41, 5.74) is 7.27. The molecule has 0 bridgehead atoms. The van der Waals surface area contributed by atoms with E-state index in [1.54, 1.807) is 26.2 Å². The molecule has 21 heavy (non-hydrogen) atoms. The average molecular weight is 294 g/mol. The molecule has 1 unspecified atom stereocenters. The van der Waals surface area contributed by atoms with Crippen LogP contribution < -0.4 is 11.1 Å². The maximum absolute atomic E-state index is 11.7. The first-order chi connectivity index (χ1) is 10.0. The summed E-state index contributed by atoms with van der Waals surface area (Å²) in [5, 5.41) is 2.61. The van der Waals surface area contributed by atoms with Crippen LogP contribution in [0.1, 0.15) is 18.9 Å². The monoisotopic (exact) mass is 294 g/mol. The highest BCUT2D eigenvalue weighted by Crippen LogP contribution is 2.08. The van der Waals surface area contributed by atoms with Gasteiger partial charge in [0.1, 0.15) is 0 Å². The Hall–Kier alpha value is -2.08. The van der Waals surface area contributed by atoms with Crippen LogP contribution in [0.3, 0.4) is 0 Å². The van der Waals surface area contributed by atoms with Crippen molar-refractivity contribution in [1.82, 2.24) is 5.32 Å². The van der Waals surface area contributed by atoms with Gasteiger partial charge in [-0.3, -0.25) is 9.59 Å². The number of nitrogen functional groups attached to an aromatic ring is 1. The summed E-state index contributed by atoms with van der Waals surface area (Å²) in [6.45, 7) is 2.36. The van der Waals surface area contributed by atoms with Crippen molar-refractivity contribution in [3.63, 3.8) is 0 Å². The normalized spacial score (nSPS) is 11.7.